The van der Waals surface area contributed by atoms with E-state index in [0.29, 0.717) is 5.75 Å². The van der Waals surface area contributed by atoms with Gasteiger partial charge in [-0.25, -0.2) is 0 Å². The Morgan fingerprint density at radius 2 is 2.24 bits per heavy atom. The van der Waals surface area contributed by atoms with Crippen molar-refractivity contribution in [2.45, 2.75) is 12.7 Å². The Bertz CT molecular complexity index is 447. The lowest BCUT2D eigenvalue weighted by atomic mass is 10.1. The van der Waals surface area contributed by atoms with Crippen LogP contribution in [0.25, 0.3) is 0 Å². The average molecular weight is 241 g/mol. The van der Waals surface area contributed by atoms with Gasteiger partial charge in [0.2, 0.25) is 0 Å². The van der Waals surface area contributed by atoms with E-state index in [-0.39, 0.29) is 30.2 Å². The highest BCUT2D eigenvalue weighted by Crippen LogP contribution is 2.40. The zero-order chi connectivity index (χ0) is 12.4. The third-order valence-electron chi connectivity index (χ3n) is 2.47. The summed E-state index contributed by atoms with van der Waals surface area (Å²) in [6.45, 7) is -0.611. The van der Waals surface area contributed by atoms with E-state index in [0.717, 1.165) is 0 Å². The largest absolute Gasteiger partial charge is 0.486 e. The Morgan fingerprint density at radius 3 is 2.82 bits per heavy atom. The van der Waals surface area contributed by atoms with Gasteiger partial charge < -0.3 is 19.7 Å². The lowest BCUT2D eigenvalue weighted by molar-refractivity contribution is -0.386. The summed E-state index contributed by atoms with van der Waals surface area (Å²) in [4.78, 5) is 10.2. The fraction of sp³-hybridized carbons (Fsp3) is 0.400. The van der Waals surface area contributed by atoms with Crippen LogP contribution in [0.15, 0.2) is 12.1 Å². The second kappa shape index (κ2) is 4.56. The highest BCUT2D eigenvalue weighted by molar-refractivity contribution is 5.57. The molecule has 0 amide bonds. The Balaban J connectivity index is 2.48. The third-order valence-corrected chi connectivity index (χ3v) is 2.47. The van der Waals surface area contributed by atoms with Gasteiger partial charge in [0.15, 0.2) is 17.6 Å². The van der Waals surface area contributed by atoms with Crippen molar-refractivity contribution >= 4 is 5.69 Å². The van der Waals surface area contributed by atoms with Crippen molar-refractivity contribution in [1.29, 1.82) is 0 Å². The topological polar surface area (TPSA) is 102 Å². The number of nitrogens with zero attached hydrogens (tertiary/aromatic N) is 1. The number of nitro benzene ring substituents is 1. The van der Waals surface area contributed by atoms with Crippen LogP contribution in [0.5, 0.6) is 11.5 Å². The molecule has 0 fully saturated rings. The first-order valence-electron chi connectivity index (χ1n) is 4.98. The number of benzene rings is 1. The molecule has 0 aromatic heterocycles. The average Bonchev–Trinajstić information content (AvgIpc) is 2.36. The number of fused-ring (bicyclic) bond motifs is 1. The molecule has 7 nitrogen and oxygen atoms in total. The first-order chi connectivity index (χ1) is 8.17. The maximum absolute atomic E-state index is 10.8. The Kier molecular flexibility index (Phi) is 3.12. The van der Waals surface area contributed by atoms with Gasteiger partial charge >= 0.3 is 0 Å². The van der Waals surface area contributed by atoms with E-state index in [4.69, 9.17) is 14.6 Å². The van der Waals surface area contributed by atoms with Crippen LogP contribution in [0, 0.1) is 10.1 Å². The smallest absolute Gasteiger partial charge is 0.278 e. The minimum atomic E-state index is -0.599. The minimum absolute atomic E-state index is 0.0608. The molecular formula is C10H11NO6. The normalized spacial score (nSPS) is 17.9. The van der Waals surface area contributed by atoms with Gasteiger partial charge in [0, 0.05) is 6.07 Å². The molecular weight excluding hydrogens is 230 g/mol. The molecule has 1 aromatic rings. The highest BCUT2D eigenvalue weighted by Gasteiger charge is 2.28. The lowest BCUT2D eigenvalue weighted by Crippen LogP contribution is -2.32. The fourth-order valence-electron chi connectivity index (χ4n) is 1.64. The molecule has 1 heterocycles. The first kappa shape index (κ1) is 11.6. The first-order valence-corrected chi connectivity index (χ1v) is 4.98. The number of nitro groups is 1. The van der Waals surface area contributed by atoms with Crippen molar-refractivity contribution in [3.8, 4) is 11.5 Å². The van der Waals surface area contributed by atoms with E-state index in [1.54, 1.807) is 0 Å². The monoisotopic (exact) mass is 241 g/mol. The molecule has 2 N–H and O–H groups in total. The summed E-state index contributed by atoms with van der Waals surface area (Å²) in [5.41, 5.74) is -0.168. The zero-order valence-electron chi connectivity index (χ0n) is 8.83. The SMILES string of the molecule is O=[N+]([O-])c1ccc2c(c1CO)OC(CO)CO2. The van der Waals surface area contributed by atoms with Crippen LogP contribution < -0.4 is 9.47 Å². The van der Waals surface area contributed by atoms with Gasteiger partial charge in [-0.2, -0.15) is 0 Å². The summed E-state index contributed by atoms with van der Waals surface area (Å²) in [6.07, 6.45) is -0.574. The predicted octanol–water partition coefficient (Wildman–Crippen LogP) is 0.219. The van der Waals surface area contributed by atoms with Crippen molar-refractivity contribution in [1.82, 2.24) is 0 Å². The number of hydrogen-bond acceptors (Lipinski definition) is 6. The maximum Gasteiger partial charge on any atom is 0.278 e. The van der Waals surface area contributed by atoms with Crippen molar-refractivity contribution < 1.29 is 24.6 Å². The molecule has 1 aliphatic rings. The van der Waals surface area contributed by atoms with Gasteiger partial charge in [0.25, 0.3) is 5.69 Å². The molecule has 0 radical (unpaired) electrons. The van der Waals surface area contributed by atoms with Crippen LogP contribution in [0.3, 0.4) is 0 Å². The molecule has 0 bridgehead atoms. The summed E-state index contributed by atoms with van der Waals surface area (Å²) < 4.78 is 10.6. The highest BCUT2D eigenvalue weighted by atomic mass is 16.6. The van der Waals surface area contributed by atoms with Gasteiger partial charge in [-0.1, -0.05) is 0 Å². The van der Waals surface area contributed by atoms with Crippen molar-refractivity contribution in [3.05, 3.63) is 27.8 Å². The van der Waals surface area contributed by atoms with Crippen LogP contribution in [0.4, 0.5) is 5.69 Å². The number of hydrogen-bond donors (Lipinski definition) is 2. The molecule has 1 aliphatic heterocycles. The van der Waals surface area contributed by atoms with E-state index >= 15 is 0 Å². The van der Waals surface area contributed by atoms with Crippen LogP contribution in [0.1, 0.15) is 5.56 Å². The van der Waals surface area contributed by atoms with E-state index in [1.165, 1.54) is 12.1 Å². The Labute approximate surface area is 96.4 Å². The summed E-state index contributed by atoms with van der Waals surface area (Å²) in [7, 11) is 0. The molecule has 2 rings (SSSR count). The van der Waals surface area contributed by atoms with Crippen LogP contribution in [0.2, 0.25) is 0 Å². The molecule has 17 heavy (non-hydrogen) atoms. The van der Waals surface area contributed by atoms with E-state index in [1.807, 2.05) is 0 Å². The van der Waals surface area contributed by atoms with Gasteiger partial charge in [0.05, 0.1) is 18.1 Å². The van der Waals surface area contributed by atoms with Crippen molar-refractivity contribution in [2.24, 2.45) is 0 Å². The number of aliphatic hydroxyl groups is 2. The summed E-state index contributed by atoms with van der Waals surface area (Å²) in [5.74, 6) is 0.469. The number of ether oxygens (including phenoxy) is 2. The maximum atomic E-state index is 10.8. The van der Waals surface area contributed by atoms with Gasteiger partial charge in [-0.05, 0) is 6.07 Å². The molecule has 92 valence electrons. The van der Waals surface area contributed by atoms with Crippen LogP contribution in [-0.4, -0.2) is 34.5 Å². The molecule has 0 spiro atoms. The summed E-state index contributed by atoms with van der Waals surface area (Å²) in [5, 5.41) is 28.9. The fourth-order valence-corrected chi connectivity index (χ4v) is 1.64. The molecule has 0 saturated heterocycles. The second-order valence-electron chi connectivity index (χ2n) is 3.54. The van der Waals surface area contributed by atoms with Crippen LogP contribution >= 0.6 is 0 Å². The van der Waals surface area contributed by atoms with Crippen molar-refractivity contribution in [3.63, 3.8) is 0 Å². The van der Waals surface area contributed by atoms with Gasteiger partial charge in [-0.15, -0.1) is 0 Å². The molecule has 0 aliphatic carbocycles. The Morgan fingerprint density at radius 1 is 1.47 bits per heavy atom. The third kappa shape index (κ3) is 2.02. The van der Waals surface area contributed by atoms with Gasteiger partial charge in [0.1, 0.15) is 12.2 Å². The second-order valence-corrected chi connectivity index (χ2v) is 3.54. The summed E-state index contributed by atoms with van der Waals surface area (Å²) in [6, 6.07) is 2.67. The zero-order valence-corrected chi connectivity index (χ0v) is 8.83. The molecule has 0 saturated carbocycles. The molecule has 7 heteroatoms. The molecule has 1 aromatic carbocycles. The predicted molar refractivity (Wildman–Crippen MR) is 56.0 cm³/mol. The number of rotatable bonds is 3. The molecule has 1 atom stereocenters. The minimum Gasteiger partial charge on any atom is -0.486 e. The van der Waals surface area contributed by atoms with E-state index < -0.39 is 17.6 Å². The quantitative estimate of drug-likeness (QED) is 0.579. The Hall–Kier alpha value is -1.86. The summed E-state index contributed by atoms with van der Waals surface area (Å²) >= 11 is 0. The van der Waals surface area contributed by atoms with Crippen molar-refractivity contribution in [2.75, 3.05) is 13.2 Å². The molecule has 1 unspecified atom stereocenters. The lowest BCUT2D eigenvalue weighted by Gasteiger charge is -2.26. The van der Waals surface area contributed by atoms with E-state index in [2.05, 4.69) is 0 Å². The van der Waals surface area contributed by atoms with Crippen LogP contribution in [-0.2, 0) is 6.61 Å². The van der Waals surface area contributed by atoms with Gasteiger partial charge in [-0.3, -0.25) is 10.1 Å². The standard InChI is InChI=1S/C10H11NO6/c12-3-6-5-16-9-2-1-8(11(14)15)7(4-13)10(9)17-6/h1-2,6,12-13H,3-5H2. The number of aliphatic hydroxyl groups excluding tert-OH is 2. The van der Waals surface area contributed by atoms with E-state index in [9.17, 15) is 15.2 Å².